The van der Waals surface area contributed by atoms with E-state index in [0.29, 0.717) is 5.52 Å². The minimum atomic E-state index is -0.598. The van der Waals surface area contributed by atoms with E-state index in [1.54, 1.807) is 42.6 Å². The number of rotatable bonds is 3. The number of esters is 1. The van der Waals surface area contributed by atoms with Gasteiger partial charge in [0.2, 0.25) is 0 Å². The molecule has 0 spiro atoms. The number of imide groups is 1. The Kier molecular flexibility index (Phi) is 3.01. The van der Waals surface area contributed by atoms with Gasteiger partial charge in [0.05, 0.1) is 23.3 Å². The molecule has 0 atom stereocenters. The lowest BCUT2D eigenvalue weighted by molar-refractivity contribution is 0.0509. The van der Waals surface area contributed by atoms with Crippen molar-refractivity contribution in [3.63, 3.8) is 0 Å². The zero-order chi connectivity index (χ0) is 15.1. The maximum atomic E-state index is 12.4. The van der Waals surface area contributed by atoms with Crippen molar-refractivity contribution in [1.82, 2.24) is 9.30 Å². The molecule has 21 heavy (non-hydrogen) atoms. The third kappa shape index (κ3) is 1.68. The summed E-state index contributed by atoms with van der Waals surface area (Å²) < 4.78 is 6.58. The highest BCUT2D eigenvalue weighted by Crippen LogP contribution is 2.32. The van der Waals surface area contributed by atoms with Crippen molar-refractivity contribution < 1.29 is 19.1 Å². The topological polar surface area (TPSA) is 68.1 Å². The van der Waals surface area contributed by atoms with Gasteiger partial charge >= 0.3 is 5.97 Å². The molecule has 0 bridgehead atoms. The normalized spacial score (nSPS) is 13.9. The Morgan fingerprint density at radius 1 is 1.14 bits per heavy atom. The van der Waals surface area contributed by atoms with Crippen LogP contribution in [0.1, 0.15) is 45.1 Å². The lowest BCUT2D eigenvalue weighted by Crippen LogP contribution is -2.30. The van der Waals surface area contributed by atoms with Crippen LogP contribution >= 0.6 is 0 Å². The van der Waals surface area contributed by atoms with Crippen LogP contribution in [0.2, 0.25) is 0 Å². The Labute approximate surface area is 120 Å². The Hall–Kier alpha value is -2.63. The molecule has 3 rings (SSSR count). The van der Waals surface area contributed by atoms with Gasteiger partial charge in [0.25, 0.3) is 11.8 Å². The molecule has 6 heteroatoms. The van der Waals surface area contributed by atoms with Crippen molar-refractivity contribution >= 4 is 23.3 Å². The minimum Gasteiger partial charge on any atom is -0.461 e. The zero-order valence-corrected chi connectivity index (χ0v) is 11.8. The molecular weight excluding hydrogens is 272 g/mol. The summed E-state index contributed by atoms with van der Waals surface area (Å²) >= 11 is 0. The first-order valence-electron chi connectivity index (χ1n) is 6.78. The Balaban J connectivity index is 2.34. The van der Waals surface area contributed by atoms with Crippen molar-refractivity contribution in [3.8, 4) is 0 Å². The lowest BCUT2D eigenvalue weighted by atomic mass is 10.1. The predicted octanol–water partition coefficient (Wildman–Crippen LogP) is 1.73. The van der Waals surface area contributed by atoms with Crippen molar-refractivity contribution in [2.45, 2.75) is 13.8 Å². The van der Waals surface area contributed by atoms with Gasteiger partial charge in [-0.1, -0.05) is 6.07 Å². The average molecular weight is 286 g/mol. The first kappa shape index (κ1) is 13.4. The summed E-state index contributed by atoms with van der Waals surface area (Å²) in [4.78, 5) is 38.1. The van der Waals surface area contributed by atoms with E-state index in [2.05, 4.69) is 0 Å². The van der Waals surface area contributed by atoms with E-state index >= 15 is 0 Å². The van der Waals surface area contributed by atoms with Crippen molar-refractivity contribution in [1.29, 1.82) is 0 Å². The van der Waals surface area contributed by atoms with Crippen LogP contribution in [-0.2, 0) is 4.74 Å². The van der Waals surface area contributed by atoms with Crippen LogP contribution < -0.4 is 0 Å². The second-order valence-corrected chi connectivity index (χ2v) is 4.63. The van der Waals surface area contributed by atoms with Crippen LogP contribution in [0, 0.1) is 0 Å². The number of carbonyl (C=O) groups excluding carboxylic acids is 3. The molecule has 0 saturated heterocycles. The fraction of sp³-hybridized carbons (Fsp3) is 0.267. The van der Waals surface area contributed by atoms with Gasteiger partial charge in [-0.2, -0.15) is 0 Å². The highest BCUT2D eigenvalue weighted by Gasteiger charge is 2.42. The number of pyridine rings is 1. The smallest absolute Gasteiger partial charge is 0.356 e. The van der Waals surface area contributed by atoms with E-state index in [0.717, 1.165) is 4.90 Å². The van der Waals surface area contributed by atoms with Crippen LogP contribution in [0.3, 0.4) is 0 Å². The van der Waals surface area contributed by atoms with Crippen LogP contribution in [0.4, 0.5) is 0 Å². The summed E-state index contributed by atoms with van der Waals surface area (Å²) in [6.45, 7) is 3.89. The quantitative estimate of drug-likeness (QED) is 0.636. The highest BCUT2D eigenvalue weighted by atomic mass is 16.5. The fourth-order valence-corrected chi connectivity index (χ4v) is 2.68. The van der Waals surface area contributed by atoms with Crippen molar-refractivity contribution in [3.05, 3.63) is 41.2 Å². The summed E-state index contributed by atoms with van der Waals surface area (Å²) in [5.41, 5.74) is 1.10. The third-order valence-corrected chi connectivity index (χ3v) is 3.55. The van der Waals surface area contributed by atoms with Crippen molar-refractivity contribution in [2.24, 2.45) is 0 Å². The molecule has 2 amide bonds. The molecule has 0 N–H and O–H groups in total. The Morgan fingerprint density at radius 3 is 2.52 bits per heavy atom. The molecule has 2 aromatic rings. The molecular formula is C15H14N2O4. The molecule has 1 aliphatic rings. The molecule has 3 heterocycles. The summed E-state index contributed by atoms with van der Waals surface area (Å²) in [6.07, 6.45) is 1.65. The number of hydrogen-bond donors (Lipinski definition) is 0. The second-order valence-electron chi connectivity index (χ2n) is 4.63. The predicted molar refractivity (Wildman–Crippen MR) is 74.4 cm³/mol. The van der Waals surface area contributed by atoms with E-state index in [1.165, 1.54) is 0 Å². The summed E-state index contributed by atoms with van der Waals surface area (Å²) in [5, 5.41) is 0. The average Bonchev–Trinajstić information content (AvgIpc) is 2.93. The summed E-state index contributed by atoms with van der Waals surface area (Å²) in [6, 6.07) is 5.21. The number of hydrogen-bond acceptors (Lipinski definition) is 4. The molecule has 6 nitrogen and oxygen atoms in total. The van der Waals surface area contributed by atoms with Gasteiger partial charge < -0.3 is 9.14 Å². The highest BCUT2D eigenvalue weighted by molar-refractivity contribution is 6.27. The second kappa shape index (κ2) is 4.73. The first-order chi connectivity index (χ1) is 10.1. The lowest BCUT2D eigenvalue weighted by Gasteiger charge is -2.12. The Bertz CT molecular complexity index is 760. The molecule has 0 radical (unpaired) electrons. The van der Waals surface area contributed by atoms with E-state index < -0.39 is 11.9 Å². The molecule has 1 aliphatic heterocycles. The largest absolute Gasteiger partial charge is 0.461 e. The van der Waals surface area contributed by atoms with Gasteiger partial charge in [-0.3, -0.25) is 14.5 Å². The number of aromatic nitrogens is 1. The molecule has 0 aliphatic carbocycles. The first-order valence-corrected chi connectivity index (χ1v) is 6.78. The number of nitrogens with zero attached hydrogens (tertiary/aromatic N) is 2. The van der Waals surface area contributed by atoms with E-state index in [-0.39, 0.29) is 35.9 Å². The minimum absolute atomic E-state index is 0.122. The molecule has 108 valence electrons. The number of fused-ring (bicyclic) bond motifs is 3. The number of carbonyl (C=O) groups is 3. The standard InChI is InChI=1S/C15H14N2O4/c1-3-16-13(18)10-9-7-5-6-8-17(9)12(11(10)14(16)19)15(20)21-4-2/h5-8H,3-4H2,1-2H3. The van der Waals surface area contributed by atoms with Gasteiger partial charge in [-0.05, 0) is 26.0 Å². The molecule has 0 aromatic carbocycles. The van der Waals surface area contributed by atoms with Crippen molar-refractivity contribution in [2.75, 3.05) is 13.2 Å². The molecule has 0 unspecified atom stereocenters. The molecule has 2 aromatic heterocycles. The van der Waals surface area contributed by atoms with Crippen LogP contribution in [0.25, 0.3) is 5.52 Å². The Morgan fingerprint density at radius 2 is 1.86 bits per heavy atom. The molecule has 0 saturated carbocycles. The van der Waals surface area contributed by atoms with Gasteiger partial charge in [0.15, 0.2) is 0 Å². The van der Waals surface area contributed by atoms with E-state index in [1.807, 2.05) is 0 Å². The third-order valence-electron chi connectivity index (χ3n) is 3.55. The van der Waals surface area contributed by atoms with Gasteiger partial charge in [-0.15, -0.1) is 0 Å². The molecule has 0 fully saturated rings. The summed E-state index contributed by atoms with van der Waals surface area (Å²) in [7, 11) is 0. The van der Waals surface area contributed by atoms with Gasteiger partial charge in [0.1, 0.15) is 5.69 Å². The monoisotopic (exact) mass is 286 g/mol. The maximum Gasteiger partial charge on any atom is 0.356 e. The van der Waals surface area contributed by atoms with Gasteiger partial charge in [-0.25, -0.2) is 4.79 Å². The van der Waals surface area contributed by atoms with Gasteiger partial charge in [0, 0.05) is 12.7 Å². The van der Waals surface area contributed by atoms with E-state index in [4.69, 9.17) is 4.74 Å². The zero-order valence-electron chi connectivity index (χ0n) is 11.8. The number of ether oxygens (including phenoxy) is 1. The summed E-state index contributed by atoms with van der Waals surface area (Å²) in [5.74, 6) is -1.40. The number of amides is 2. The fourth-order valence-electron chi connectivity index (χ4n) is 2.68. The van der Waals surface area contributed by atoms with E-state index in [9.17, 15) is 14.4 Å². The maximum absolute atomic E-state index is 12.4. The van der Waals surface area contributed by atoms with Crippen LogP contribution in [-0.4, -0.2) is 40.2 Å². The van der Waals surface area contributed by atoms with Crippen LogP contribution in [0.5, 0.6) is 0 Å². The van der Waals surface area contributed by atoms with Crippen LogP contribution in [0.15, 0.2) is 24.4 Å². The SMILES string of the molecule is CCOC(=O)c1c2c(c3ccccn13)C(=O)N(CC)C2=O.